The maximum atomic E-state index is 11.4. The summed E-state index contributed by atoms with van der Waals surface area (Å²) in [4.78, 5) is 11.4. The quantitative estimate of drug-likeness (QED) is 0.408. The zero-order valence-corrected chi connectivity index (χ0v) is 15.0. The van der Waals surface area contributed by atoms with Gasteiger partial charge in [0.15, 0.2) is 12.4 Å². The Labute approximate surface area is 140 Å². The van der Waals surface area contributed by atoms with Crippen LogP contribution in [0.1, 0.15) is 20.3 Å². The van der Waals surface area contributed by atoms with Gasteiger partial charge < -0.3 is 18.9 Å². The van der Waals surface area contributed by atoms with Crippen LogP contribution in [0.25, 0.3) is 0 Å². The topological polar surface area (TPSA) is 54.0 Å². The molecule has 1 aliphatic rings. The number of alkyl halides is 3. The monoisotopic (exact) mass is 362 g/mol. The molecule has 1 aliphatic carbocycles. The van der Waals surface area contributed by atoms with Crippen molar-refractivity contribution in [3.63, 3.8) is 0 Å². The molecule has 0 N–H and O–H groups in total. The first-order valence-electron chi connectivity index (χ1n) is 6.46. The van der Waals surface area contributed by atoms with Crippen molar-refractivity contribution >= 4 is 41.0 Å². The maximum Gasteiger partial charge on any atom is 0.508 e. The fourth-order valence-electron chi connectivity index (χ4n) is 2.83. The second kappa shape index (κ2) is 7.09. The summed E-state index contributed by atoms with van der Waals surface area (Å²) in [5, 5.41) is 0. The van der Waals surface area contributed by atoms with E-state index in [1.54, 1.807) is 14.2 Å². The molecule has 1 rings (SSSR count). The van der Waals surface area contributed by atoms with Crippen molar-refractivity contribution in [1.29, 1.82) is 0 Å². The number of ether oxygens (including phenoxy) is 4. The van der Waals surface area contributed by atoms with E-state index >= 15 is 0 Å². The van der Waals surface area contributed by atoms with Crippen molar-refractivity contribution in [2.45, 2.75) is 36.5 Å². The van der Waals surface area contributed by atoms with Crippen LogP contribution < -0.4 is 0 Å². The number of carbonyl (C=O) groups excluding carboxylic acids is 1. The molecule has 3 atom stereocenters. The van der Waals surface area contributed by atoms with E-state index in [-0.39, 0.29) is 23.5 Å². The van der Waals surface area contributed by atoms with E-state index in [4.69, 9.17) is 49.0 Å². The lowest BCUT2D eigenvalue weighted by molar-refractivity contribution is -0.111. The van der Waals surface area contributed by atoms with Gasteiger partial charge in [-0.3, -0.25) is 0 Å². The Morgan fingerprint density at radius 2 is 1.71 bits per heavy atom. The number of halogens is 3. The fraction of sp³-hybridized carbons (Fsp3) is 0.923. The van der Waals surface area contributed by atoms with Crippen molar-refractivity contribution in [1.82, 2.24) is 0 Å². The van der Waals surface area contributed by atoms with Crippen LogP contribution in [0.15, 0.2) is 0 Å². The maximum absolute atomic E-state index is 11.4. The molecule has 3 unspecified atom stereocenters. The molecule has 0 aromatic heterocycles. The fourth-order valence-corrected chi connectivity index (χ4v) is 3.37. The molecule has 0 aromatic carbocycles. The number of rotatable bonds is 6. The summed E-state index contributed by atoms with van der Waals surface area (Å²) < 4.78 is 18.3. The molecule has 1 fully saturated rings. The molecule has 5 nitrogen and oxygen atoms in total. The first-order valence-corrected chi connectivity index (χ1v) is 7.59. The smallest absolute Gasteiger partial charge is 0.438 e. The molecule has 8 heteroatoms. The average Bonchev–Trinajstić information content (AvgIpc) is 2.92. The van der Waals surface area contributed by atoms with Crippen LogP contribution in [-0.4, -0.2) is 43.7 Å². The van der Waals surface area contributed by atoms with Gasteiger partial charge in [0.25, 0.3) is 0 Å². The van der Waals surface area contributed by atoms with Gasteiger partial charge in [0.2, 0.25) is 3.79 Å². The third-order valence-electron chi connectivity index (χ3n) is 4.15. The lowest BCUT2D eigenvalue weighted by atomic mass is 10.1. The van der Waals surface area contributed by atoms with Crippen molar-refractivity contribution in [2.24, 2.45) is 17.3 Å². The molecular weight excluding hydrogens is 342 g/mol. The summed E-state index contributed by atoms with van der Waals surface area (Å²) >= 11 is 17.9. The lowest BCUT2D eigenvalue weighted by Crippen LogP contribution is -2.35. The zero-order chi connectivity index (χ0) is 16.4. The summed E-state index contributed by atoms with van der Waals surface area (Å²) in [6.45, 7) is 4.05. The van der Waals surface area contributed by atoms with E-state index in [1.165, 1.54) is 7.11 Å². The van der Waals surface area contributed by atoms with Crippen molar-refractivity contribution in [2.75, 3.05) is 21.3 Å². The molecule has 0 aliphatic heterocycles. The minimum Gasteiger partial charge on any atom is -0.438 e. The summed E-state index contributed by atoms with van der Waals surface area (Å²) in [6.07, 6.45) is -1.51. The third kappa shape index (κ3) is 4.52. The highest BCUT2D eigenvalue weighted by atomic mass is 35.6. The van der Waals surface area contributed by atoms with Gasteiger partial charge in [-0.2, -0.15) is 0 Å². The van der Waals surface area contributed by atoms with E-state index in [0.717, 1.165) is 0 Å². The van der Waals surface area contributed by atoms with E-state index in [9.17, 15) is 4.79 Å². The highest BCUT2D eigenvalue weighted by Gasteiger charge is 2.66. The van der Waals surface area contributed by atoms with Gasteiger partial charge in [-0.25, -0.2) is 4.79 Å². The number of carbonyl (C=O) groups is 1. The molecule has 0 aromatic rings. The molecule has 0 radical (unpaired) electrons. The largest absolute Gasteiger partial charge is 0.508 e. The van der Waals surface area contributed by atoms with Crippen LogP contribution in [-0.2, 0) is 18.9 Å². The summed E-state index contributed by atoms with van der Waals surface area (Å²) in [5.41, 5.74) is -0.169. The van der Waals surface area contributed by atoms with E-state index in [1.807, 2.05) is 13.8 Å². The van der Waals surface area contributed by atoms with Crippen LogP contribution >= 0.6 is 34.8 Å². The van der Waals surface area contributed by atoms with Gasteiger partial charge in [0.05, 0.1) is 7.11 Å². The molecule has 124 valence electrons. The molecule has 21 heavy (non-hydrogen) atoms. The van der Waals surface area contributed by atoms with Crippen molar-refractivity contribution < 1.29 is 23.7 Å². The molecule has 1 saturated carbocycles. The standard InChI is InChI=1S/C13H21Cl3O5/c1-12(2)7(6-8(18-3)19-4)9(12)10(13(14,15)16)21-11(17)20-5/h7-10H,6H2,1-5H3. The minimum absolute atomic E-state index is 0.128. The SMILES string of the molecule is COC(=O)OC(C1C(CC(OC)OC)C1(C)C)C(Cl)(Cl)Cl. The molecular formula is C13H21Cl3O5. The number of hydrogen-bond acceptors (Lipinski definition) is 5. The second-order valence-corrected chi connectivity index (χ2v) is 7.99. The van der Waals surface area contributed by atoms with E-state index < -0.39 is 16.1 Å². The van der Waals surface area contributed by atoms with Gasteiger partial charge in [-0.05, 0) is 11.3 Å². The van der Waals surface area contributed by atoms with Gasteiger partial charge in [-0.15, -0.1) is 0 Å². The van der Waals surface area contributed by atoms with Crippen LogP contribution in [0.4, 0.5) is 4.79 Å². The highest BCUT2D eigenvalue weighted by molar-refractivity contribution is 6.68. The summed E-state index contributed by atoms with van der Waals surface area (Å²) in [7, 11) is 4.34. The van der Waals surface area contributed by atoms with Gasteiger partial charge in [0, 0.05) is 26.6 Å². The first-order chi connectivity index (χ1) is 9.59. The Morgan fingerprint density at radius 3 is 2.10 bits per heavy atom. The van der Waals surface area contributed by atoms with Crippen LogP contribution in [0.3, 0.4) is 0 Å². The van der Waals surface area contributed by atoms with Gasteiger partial charge in [0.1, 0.15) is 0 Å². The Balaban J connectivity index is 2.86. The predicted octanol–water partition coefficient (Wildman–Crippen LogP) is 3.79. The Bertz CT molecular complexity index is 365. The average molecular weight is 364 g/mol. The van der Waals surface area contributed by atoms with E-state index in [2.05, 4.69) is 4.74 Å². The second-order valence-electron chi connectivity index (χ2n) is 5.62. The number of hydrogen-bond donors (Lipinski definition) is 0. The third-order valence-corrected chi connectivity index (χ3v) is 4.80. The minimum atomic E-state index is -1.74. The Morgan fingerprint density at radius 1 is 1.19 bits per heavy atom. The van der Waals surface area contributed by atoms with Crippen molar-refractivity contribution in [3.05, 3.63) is 0 Å². The molecule has 0 saturated heterocycles. The first kappa shape index (κ1) is 19.1. The van der Waals surface area contributed by atoms with Gasteiger partial charge >= 0.3 is 6.16 Å². The normalized spacial score (nSPS) is 25.6. The zero-order valence-electron chi connectivity index (χ0n) is 12.7. The Kier molecular flexibility index (Phi) is 6.45. The van der Waals surface area contributed by atoms with Crippen LogP contribution in [0, 0.1) is 17.3 Å². The highest BCUT2D eigenvalue weighted by Crippen LogP contribution is 2.65. The van der Waals surface area contributed by atoms with Crippen LogP contribution in [0.2, 0.25) is 0 Å². The molecule has 0 bridgehead atoms. The Hall–Kier alpha value is 0.0600. The van der Waals surface area contributed by atoms with Gasteiger partial charge in [-0.1, -0.05) is 48.7 Å². The lowest BCUT2D eigenvalue weighted by Gasteiger charge is -2.25. The molecule has 0 heterocycles. The number of methoxy groups -OCH3 is 3. The van der Waals surface area contributed by atoms with E-state index in [0.29, 0.717) is 6.42 Å². The predicted molar refractivity (Wildman–Crippen MR) is 80.8 cm³/mol. The van der Waals surface area contributed by atoms with Crippen molar-refractivity contribution in [3.8, 4) is 0 Å². The molecule has 0 amide bonds. The van der Waals surface area contributed by atoms with Crippen LogP contribution in [0.5, 0.6) is 0 Å². The summed E-state index contributed by atoms with van der Waals surface area (Å²) in [5.74, 6) is 0.00424. The molecule has 0 spiro atoms. The summed E-state index contributed by atoms with van der Waals surface area (Å²) in [6, 6.07) is 0.